The molecule has 0 atom stereocenters. The second kappa shape index (κ2) is 94.3. The first-order valence-electron chi connectivity index (χ1n) is 12.0. The predicted molar refractivity (Wildman–Crippen MR) is 238 cm³/mol. The maximum Gasteiger partial charge on any atom is 2.00 e. The molecule has 0 saturated carbocycles. The molecule has 0 saturated heterocycles. The summed E-state index contributed by atoms with van der Waals surface area (Å²) in [7, 11) is 0. The molecular weight excluding hydrogens is 1270 g/mol. The summed E-state index contributed by atoms with van der Waals surface area (Å²) in [5.74, 6) is -11.4. The Morgan fingerprint density at radius 1 is 0.224 bits per heavy atom. The number of carboxylic acid groups (broad SMARTS) is 8. The molecule has 4 aromatic rings. The Labute approximate surface area is 461 Å². The van der Waals surface area contributed by atoms with E-state index >= 15 is 0 Å². The Morgan fingerprint density at radius 2 is 0.329 bits per heavy atom. The normalized spacial score (nSPS) is 5.89. The smallest absolute Gasteiger partial charge is 0.545 e. The topological polar surface area (TPSA) is 1150 Å². The van der Waals surface area contributed by atoms with E-state index in [1.165, 1.54) is 0 Å². The summed E-state index contributed by atoms with van der Waals surface area (Å²) in [6.45, 7) is 0. The molecule has 472 valence electrons. The Bertz CT molecular complexity index is 1450. The van der Waals surface area contributed by atoms with Crippen LogP contribution in [-0.4, -0.2) is 111 Å². The zero-order valence-corrected chi connectivity index (χ0v) is 41.7. The number of rotatable bonds is 8. The van der Waals surface area contributed by atoms with Crippen LogP contribution in [0.4, 0.5) is 0 Å². The molecule has 0 fully saturated rings. The maximum absolute atomic E-state index is 10.2. The van der Waals surface area contributed by atoms with Crippen molar-refractivity contribution in [3.8, 4) is 0 Å². The minimum absolute atomic E-state index is 0. The Hall–Kier alpha value is -6.63. The minimum Gasteiger partial charge on any atom is -0.545 e. The van der Waals surface area contributed by atoms with Gasteiger partial charge >= 0.3 is 66.0 Å². The number of carboxylic acids is 8. The summed E-state index contributed by atoms with van der Waals surface area (Å²) in [6, 6.07) is 8.53. The average Bonchev–Trinajstić information content (AvgIpc) is 3.05. The van der Waals surface area contributed by atoms with E-state index < -0.39 is 47.8 Å². The van der Waals surface area contributed by atoms with Crippen LogP contribution in [0.5, 0.6) is 0 Å². The summed E-state index contributed by atoms with van der Waals surface area (Å²) in [5.41, 5.74) is -1.89. The van der Waals surface area contributed by atoms with Gasteiger partial charge in [-0.05, 0) is 48.5 Å². The first kappa shape index (κ1) is 189. The van der Waals surface area contributed by atoms with E-state index in [2.05, 4.69) is 19.9 Å². The van der Waals surface area contributed by atoms with Crippen molar-refractivity contribution >= 4 is 47.8 Å². The zero-order chi connectivity index (χ0) is 36.6. The van der Waals surface area contributed by atoms with Crippen LogP contribution in [0.15, 0.2) is 73.3 Å². The molecule has 0 aliphatic heterocycles. The van der Waals surface area contributed by atoms with E-state index in [0.717, 1.165) is 73.3 Å². The summed E-state index contributed by atoms with van der Waals surface area (Å²) < 4.78 is 0. The Balaban J connectivity index is -0.0000000138. The molecule has 0 bridgehead atoms. The number of aromatic nitrogens is 4. The number of hydrogen-bond acceptors (Lipinski definition) is 20. The largest absolute Gasteiger partial charge is 2.00 e. The van der Waals surface area contributed by atoms with Crippen LogP contribution in [0.25, 0.3) is 0 Å². The van der Waals surface area contributed by atoms with Gasteiger partial charge in [0, 0.05) is 47.0 Å². The molecule has 44 nitrogen and oxygen atoms in total. The second-order valence-electron chi connectivity index (χ2n) is 8.03. The van der Waals surface area contributed by atoms with E-state index in [1.54, 1.807) is 0 Å². The molecule has 4 aromatic heterocycles. The molecular formula is C28H76N4Ni4O40+16. The van der Waals surface area contributed by atoms with Crippen molar-refractivity contribution in [3.63, 3.8) is 0 Å². The molecule has 0 radical (unpaired) electrons. The first-order chi connectivity index (χ1) is 22.4. The first-order valence-corrected chi connectivity index (χ1v) is 12.0. The molecule has 0 aromatic carbocycles. The summed E-state index contributed by atoms with van der Waals surface area (Å²) in [4.78, 5) is 94.5. The van der Waals surface area contributed by atoms with E-state index in [1.807, 2.05) is 0 Å². The molecule has 4 heterocycles. The third-order valence-corrected chi connectivity index (χ3v) is 4.83. The molecule has 0 aliphatic carbocycles. The van der Waals surface area contributed by atoms with Gasteiger partial charge in [0.15, 0.2) is 0 Å². The Kier molecular flexibility index (Phi) is 235. The van der Waals surface area contributed by atoms with E-state index in [0.29, 0.717) is 0 Å². The van der Waals surface area contributed by atoms with Gasteiger partial charge in [0.05, 0.1) is 70.5 Å². The molecule has 0 unspecified atom stereocenters. The van der Waals surface area contributed by atoms with E-state index in [9.17, 15) is 79.2 Å². The van der Waals surface area contributed by atoms with E-state index in [-0.39, 0.29) is 242 Å². The van der Waals surface area contributed by atoms with Crippen LogP contribution in [0.3, 0.4) is 0 Å². The molecule has 48 heteroatoms. The summed E-state index contributed by atoms with van der Waals surface area (Å²) >= 11 is 0. The van der Waals surface area contributed by atoms with Crippen LogP contribution >= 0.6 is 0 Å². The molecule has 64 N–H and O–H groups in total. The van der Waals surface area contributed by atoms with Crippen LogP contribution in [0, 0.1) is 0 Å². The van der Waals surface area contributed by atoms with Crippen molar-refractivity contribution in [2.24, 2.45) is 0 Å². The van der Waals surface area contributed by atoms with Crippen LogP contribution in [0.1, 0.15) is 83.4 Å². The minimum atomic E-state index is -1.44. The fraction of sp³-hybridized carbons (Fsp3) is 0. The zero-order valence-electron chi connectivity index (χ0n) is 37.8. The number of carbonyl (C=O) groups excluding carboxylic acids is 8. The molecule has 76 heavy (non-hydrogen) atoms. The molecule has 0 spiro atoms. The van der Waals surface area contributed by atoms with Gasteiger partial charge in [-0.1, -0.05) is 0 Å². The van der Waals surface area contributed by atoms with Gasteiger partial charge in [0.1, 0.15) is 0 Å². The third kappa shape index (κ3) is 69.5. The number of nitrogens with zero attached hydrogens (tertiary/aromatic N) is 4. The quantitative estimate of drug-likeness (QED) is 0.117. The van der Waals surface area contributed by atoms with Gasteiger partial charge in [-0.2, -0.15) is 0 Å². The van der Waals surface area contributed by atoms with Crippen LogP contribution < -0.4 is 40.9 Å². The average molecular weight is 1340 g/mol. The third-order valence-electron chi connectivity index (χ3n) is 4.83. The SMILES string of the molecule is O.O.O.O.O.O.O.O.O=C([O-])c1ccc(C(=O)[O-])nc1.O=C([O-])c1ccc(C(=O)[O-])nc1.O=C([O-])c1ccc(C(=O)[O-])nc1.O=C([O-])c1ccc(C(=O)[O-])nc1.[Ni+2].[Ni+2].[Ni+2].[Ni+2].[OH3+].[OH3+].[OH3+].[OH3+].[OH3+].[OH3+].[OH3+].[OH3+].[OH3+].[OH3+].[OH3+].[OH3+].[OH3+].[OH3+].[OH3+].[OH3+]. The van der Waals surface area contributed by atoms with Gasteiger partial charge < -0.3 is 211 Å². The van der Waals surface area contributed by atoms with Crippen molar-refractivity contribution in [3.05, 3.63) is 118 Å². The van der Waals surface area contributed by atoms with Crippen molar-refractivity contribution in [1.82, 2.24) is 19.9 Å². The fourth-order valence-electron chi connectivity index (χ4n) is 2.54. The van der Waals surface area contributed by atoms with Gasteiger partial charge in [-0.3, -0.25) is 19.9 Å². The summed E-state index contributed by atoms with van der Waals surface area (Å²) in [5, 5.41) is 81.3. The second-order valence-corrected chi connectivity index (χ2v) is 8.03. The number of aromatic carboxylic acids is 8. The monoisotopic (exact) mass is 1340 g/mol. The molecule has 0 amide bonds. The molecule has 4 rings (SSSR count). The molecule has 0 aliphatic rings. The van der Waals surface area contributed by atoms with Crippen molar-refractivity contribution in [2.45, 2.75) is 0 Å². The van der Waals surface area contributed by atoms with Crippen molar-refractivity contribution < 1.29 is 277 Å². The van der Waals surface area contributed by atoms with Gasteiger partial charge in [0.25, 0.3) is 0 Å². The standard InChI is InChI=1S/4C7H5NO4.4Ni.24H2O/c4*9-6(10)4-1-2-5(7(11)12)8-3-4;;;;;;;;;;;;;;;;;;;;;;;;;;;;/h4*1-3H,(H,9,10)(H,11,12);;;;;24*1H2/q;;;;4*+2;;;;;;;;;;;;;;;;;;;;;;;;/p+8. The van der Waals surface area contributed by atoms with Crippen molar-refractivity contribution in [1.29, 1.82) is 0 Å². The number of carbonyl (C=O) groups is 8. The van der Waals surface area contributed by atoms with Gasteiger partial charge in [0.2, 0.25) is 0 Å². The van der Waals surface area contributed by atoms with E-state index in [4.69, 9.17) is 0 Å². The van der Waals surface area contributed by atoms with Crippen LogP contribution in [-0.2, 0) is 154 Å². The Morgan fingerprint density at radius 3 is 0.382 bits per heavy atom. The number of pyridine rings is 4. The fourth-order valence-corrected chi connectivity index (χ4v) is 2.54. The van der Waals surface area contributed by atoms with Crippen LogP contribution in [0.2, 0.25) is 0 Å². The van der Waals surface area contributed by atoms with Crippen molar-refractivity contribution in [2.75, 3.05) is 0 Å². The summed E-state index contributed by atoms with van der Waals surface area (Å²) in [6.07, 6.45) is 3.61. The number of hydrogen-bond donors (Lipinski definition) is 0. The van der Waals surface area contributed by atoms with Gasteiger partial charge in [-0.25, -0.2) is 0 Å². The maximum atomic E-state index is 10.2. The predicted octanol–water partition coefficient (Wildman–Crippen LogP) is -30.1. The van der Waals surface area contributed by atoms with Gasteiger partial charge in [-0.15, -0.1) is 0 Å².